The molecular formula is C18H18ClN3O2S2. The van der Waals surface area contributed by atoms with E-state index in [4.69, 9.17) is 11.6 Å². The highest BCUT2D eigenvalue weighted by Gasteiger charge is 2.28. The minimum Gasteiger partial charge on any atom is -0.294 e. The lowest BCUT2D eigenvalue weighted by Crippen LogP contribution is -2.48. The standard InChI is InChI=1S/C18H18ClN3O2S2/c19-14-4-3-5-15(12-14)26(23,24)22-10-8-21(9-11-22)13-18-20-16-6-1-2-7-17(16)25-18/h1-7,12H,8-11,13H2. The molecule has 1 saturated heterocycles. The molecule has 5 nitrogen and oxygen atoms in total. The summed E-state index contributed by atoms with van der Waals surface area (Å²) < 4.78 is 28.2. The van der Waals surface area contributed by atoms with E-state index in [0.717, 1.165) is 17.1 Å². The van der Waals surface area contributed by atoms with E-state index in [1.165, 1.54) is 15.1 Å². The molecule has 0 spiro atoms. The number of fused-ring (bicyclic) bond motifs is 1. The molecule has 136 valence electrons. The SMILES string of the molecule is O=S(=O)(c1cccc(Cl)c1)N1CCN(Cc2nc3ccccc3s2)CC1. The first-order chi connectivity index (χ1) is 12.5. The van der Waals surface area contributed by atoms with Crippen molar-refractivity contribution in [2.24, 2.45) is 0 Å². The molecule has 26 heavy (non-hydrogen) atoms. The fourth-order valence-corrected chi connectivity index (χ4v) is 5.82. The van der Waals surface area contributed by atoms with E-state index in [-0.39, 0.29) is 4.90 Å². The van der Waals surface area contributed by atoms with Gasteiger partial charge < -0.3 is 0 Å². The summed E-state index contributed by atoms with van der Waals surface area (Å²) in [5, 5.41) is 1.50. The molecule has 1 fully saturated rings. The Labute approximate surface area is 161 Å². The monoisotopic (exact) mass is 407 g/mol. The van der Waals surface area contributed by atoms with Gasteiger partial charge in [0.2, 0.25) is 10.0 Å². The molecule has 2 heterocycles. The van der Waals surface area contributed by atoms with Crippen molar-refractivity contribution in [2.75, 3.05) is 26.2 Å². The molecule has 1 aromatic heterocycles. The fraction of sp³-hybridized carbons (Fsp3) is 0.278. The van der Waals surface area contributed by atoms with Crippen LogP contribution in [-0.4, -0.2) is 48.8 Å². The molecule has 1 aliphatic heterocycles. The zero-order valence-corrected chi connectivity index (χ0v) is 16.4. The second-order valence-electron chi connectivity index (χ2n) is 6.21. The van der Waals surface area contributed by atoms with Crippen molar-refractivity contribution in [3.8, 4) is 0 Å². The van der Waals surface area contributed by atoms with Crippen LogP contribution >= 0.6 is 22.9 Å². The number of halogens is 1. The maximum absolute atomic E-state index is 12.8. The van der Waals surface area contributed by atoms with Gasteiger partial charge in [-0.15, -0.1) is 11.3 Å². The van der Waals surface area contributed by atoms with Gasteiger partial charge in [0, 0.05) is 31.2 Å². The third-order valence-electron chi connectivity index (χ3n) is 4.46. The van der Waals surface area contributed by atoms with Crippen LogP contribution in [0, 0.1) is 0 Å². The van der Waals surface area contributed by atoms with Crippen molar-refractivity contribution in [3.63, 3.8) is 0 Å². The van der Waals surface area contributed by atoms with Crippen LogP contribution in [-0.2, 0) is 16.6 Å². The molecule has 4 rings (SSSR count). The lowest BCUT2D eigenvalue weighted by atomic mass is 10.3. The summed E-state index contributed by atoms with van der Waals surface area (Å²) in [5.74, 6) is 0. The maximum atomic E-state index is 12.8. The summed E-state index contributed by atoms with van der Waals surface area (Å²) in [7, 11) is -3.49. The third kappa shape index (κ3) is 3.63. The van der Waals surface area contributed by atoms with Crippen LogP contribution in [0.3, 0.4) is 0 Å². The van der Waals surface area contributed by atoms with Crippen LogP contribution in [0.2, 0.25) is 5.02 Å². The molecule has 0 amide bonds. The van der Waals surface area contributed by atoms with Gasteiger partial charge in [0.05, 0.1) is 21.7 Å². The summed E-state index contributed by atoms with van der Waals surface area (Å²) in [6, 6.07) is 14.5. The molecule has 3 aromatic rings. The van der Waals surface area contributed by atoms with Gasteiger partial charge in [-0.2, -0.15) is 4.31 Å². The van der Waals surface area contributed by atoms with Crippen molar-refractivity contribution >= 4 is 43.2 Å². The summed E-state index contributed by atoms with van der Waals surface area (Å²) >= 11 is 7.64. The van der Waals surface area contributed by atoms with Crippen LogP contribution in [0.25, 0.3) is 10.2 Å². The molecule has 0 unspecified atom stereocenters. The summed E-state index contributed by atoms with van der Waals surface area (Å²) in [5.41, 5.74) is 1.02. The Morgan fingerprint density at radius 1 is 1.04 bits per heavy atom. The van der Waals surface area contributed by atoms with Gasteiger partial charge >= 0.3 is 0 Å². The fourth-order valence-electron chi connectivity index (χ4n) is 3.08. The summed E-state index contributed by atoms with van der Waals surface area (Å²) in [4.78, 5) is 7.17. The minimum atomic E-state index is -3.49. The highest BCUT2D eigenvalue weighted by molar-refractivity contribution is 7.89. The number of rotatable bonds is 4. The molecular weight excluding hydrogens is 390 g/mol. The molecule has 0 aliphatic carbocycles. The first kappa shape index (κ1) is 17.9. The Hall–Kier alpha value is -1.51. The van der Waals surface area contributed by atoms with E-state index in [2.05, 4.69) is 16.0 Å². The molecule has 2 aromatic carbocycles. The topological polar surface area (TPSA) is 53.5 Å². The van der Waals surface area contributed by atoms with E-state index in [1.807, 2.05) is 18.2 Å². The van der Waals surface area contributed by atoms with Crippen LogP contribution in [0.4, 0.5) is 0 Å². The van der Waals surface area contributed by atoms with Gasteiger partial charge in [-0.25, -0.2) is 13.4 Å². The Kier molecular flexibility index (Phi) is 4.98. The zero-order chi connectivity index (χ0) is 18.1. The predicted octanol–water partition coefficient (Wildman–Crippen LogP) is 3.46. The van der Waals surface area contributed by atoms with Crippen molar-refractivity contribution in [2.45, 2.75) is 11.4 Å². The van der Waals surface area contributed by atoms with E-state index >= 15 is 0 Å². The predicted molar refractivity (Wildman–Crippen MR) is 105 cm³/mol. The smallest absolute Gasteiger partial charge is 0.243 e. The van der Waals surface area contributed by atoms with Gasteiger partial charge in [0.1, 0.15) is 5.01 Å². The highest BCUT2D eigenvalue weighted by Crippen LogP contribution is 2.24. The van der Waals surface area contributed by atoms with Gasteiger partial charge in [-0.1, -0.05) is 29.8 Å². The Morgan fingerprint density at radius 3 is 2.54 bits per heavy atom. The van der Waals surface area contributed by atoms with Gasteiger partial charge in [-0.3, -0.25) is 4.90 Å². The number of hydrogen-bond acceptors (Lipinski definition) is 5. The number of sulfonamides is 1. The van der Waals surface area contributed by atoms with E-state index in [0.29, 0.717) is 31.2 Å². The van der Waals surface area contributed by atoms with Crippen LogP contribution < -0.4 is 0 Å². The van der Waals surface area contributed by atoms with Crippen LogP contribution in [0.15, 0.2) is 53.4 Å². The average molecular weight is 408 g/mol. The number of benzene rings is 2. The molecule has 0 bridgehead atoms. The molecule has 1 aliphatic rings. The first-order valence-electron chi connectivity index (χ1n) is 8.35. The Bertz CT molecular complexity index is 995. The largest absolute Gasteiger partial charge is 0.294 e. The normalized spacial score (nSPS) is 17.0. The van der Waals surface area contributed by atoms with Crippen LogP contribution in [0.5, 0.6) is 0 Å². The third-order valence-corrected chi connectivity index (χ3v) is 7.61. The van der Waals surface area contributed by atoms with Gasteiger partial charge in [0.15, 0.2) is 0 Å². The Morgan fingerprint density at radius 2 is 1.81 bits per heavy atom. The molecule has 0 atom stereocenters. The quantitative estimate of drug-likeness (QED) is 0.664. The number of para-hydroxylation sites is 1. The number of hydrogen-bond donors (Lipinski definition) is 0. The lowest BCUT2D eigenvalue weighted by Gasteiger charge is -2.33. The lowest BCUT2D eigenvalue weighted by molar-refractivity contribution is 0.181. The summed E-state index contributed by atoms with van der Waals surface area (Å²) in [6.45, 7) is 3.08. The van der Waals surface area contributed by atoms with Crippen molar-refractivity contribution in [1.29, 1.82) is 0 Å². The Balaban J connectivity index is 1.42. The van der Waals surface area contributed by atoms with E-state index in [9.17, 15) is 8.42 Å². The van der Waals surface area contributed by atoms with Gasteiger partial charge in [0.25, 0.3) is 0 Å². The number of aromatic nitrogens is 1. The first-order valence-corrected chi connectivity index (χ1v) is 11.0. The average Bonchev–Trinajstić information content (AvgIpc) is 3.04. The molecule has 0 saturated carbocycles. The summed E-state index contributed by atoms with van der Waals surface area (Å²) in [6.07, 6.45) is 0. The minimum absolute atomic E-state index is 0.254. The maximum Gasteiger partial charge on any atom is 0.243 e. The van der Waals surface area contributed by atoms with E-state index < -0.39 is 10.0 Å². The van der Waals surface area contributed by atoms with Crippen molar-refractivity contribution in [1.82, 2.24) is 14.2 Å². The van der Waals surface area contributed by atoms with Crippen LogP contribution in [0.1, 0.15) is 5.01 Å². The van der Waals surface area contributed by atoms with E-state index in [1.54, 1.807) is 29.5 Å². The van der Waals surface area contributed by atoms with Crippen molar-refractivity contribution in [3.05, 3.63) is 58.6 Å². The van der Waals surface area contributed by atoms with Crippen molar-refractivity contribution < 1.29 is 8.42 Å². The second kappa shape index (κ2) is 7.25. The van der Waals surface area contributed by atoms with Gasteiger partial charge in [-0.05, 0) is 30.3 Å². The number of nitrogens with zero attached hydrogens (tertiary/aromatic N) is 3. The molecule has 0 N–H and O–H groups in total. The highest BCUT2D eigenvalue weighted by atomic mass is 35.5. The zero-order valence-electron chi connectivity index (χ0n) is 14.0. The second-order valence-corrected chi connectivity index (χ2v) is 9.70. The molecule has 8 heteroatoms. The molecule has 0 radical (unpaired) electrons. The number of piperazine rings is 1. The number of thiazole rings is 1.